The summed E-state index contributed by atoms with van der Waals surface area (Å²) in [5.74, 6) is -0.996. The zero-order valence-electron chi connectivity index (χ0n) is 7.43. The van der Waals surface area contributed by atoms with Gasteiger partial charge in [-0.05, 0) is 20.3 Å². The second kappa shape index (κ2) is 3.51. The fraction of sp³-hybridized carbons (Fsp3) is 0.750. The van der Waals surface area contributed by atoms with Gasteiger partial charge in [-0.1, -0.05) is 6.92 Å². The third-order valence-electron chi connectivity index (χ3n) is 1.67. The summed E-state index contributed by atoms with van der Waals surface area (Å²) >= 11 is 0. The van der Waals surface area contributed by atoms with Gasteiger partial charge in [0.2, 0.25) is 0 Å². The van der Waals surface area contributed by atoms with Crippen molar-refractivity contribution in [3.8, 4) is 0 Å². The van der Waals surface area contributed by atoms with Crippen LogP contribution in [0.5, 0.6) is 0 Å². The standard InChI is InChI=1S/C8H14O3/c1-5-8(3,4)7(10)11-6(2)9/h5H2,1-4H3. The van der Waals surface area contributed by atoms with Gasteiger partial charge in [-0.15, -0.1) is 0 Å². The first kappa shape index (κ1) is 10.1. The molecule has 64 valence electrons. The van der Waals surface area contributed by atoms with Crippen molar-refractivity contribution in [2.45, 2.75) is 34.1 Å². The Bertz CT molecular complexity index is 170. The van der Waals surface area contributed by atoms with Gasteiger partial charge in [-0.2, -0.15) is 0 Å². The van der Waals surface area contributed by atoms with E-state index < -0.39 is 17.4 Å². The minimum absolute atomic E-state index is 0.451. The Morgan fingerprint density at radius 2 is 1.82 bits per heavy atom. The summed E-state index contributed by atoms with van der Waals surface area (Å²) in [7, 11) is 0. The summed E-state index contributed by atoms with van der Waals surface area (Å²) in [6, 6.07) is 0. The summed E-state index contributed by atoms with van der Waals surface area (Å²) in [6.07, 6.45) is 0.666. The molecule has 0 saturated carbocycles. The molecule has 0 aromatic carbocycles. The molecular weight excluding hydrogens is 144 g/mol. The van der Waals surface area contributed by atoms with E-state index in [2.05, 4.69) is 4.74 Å². The molecule has 0 aromatic rings. The maximum atomic E-state index is 11.1. The molecule has 0 heterocycles. The quantitative estimate of drug-likeness (QED) is 0.452. The number of hydrogen-bond donors (Lipinski definition) is 0. The van der Waals surface area contributed by atoms with E-state index >= 15 is 0 Å². The van der Waals surface area contributed by atoms with Crippen LogP contribution < -0.4 is 0 Å². The van der Waals surface area contributed by atoms with Gasteiger partial charge in [0, 0.05) is 6.92 Å². The SMILES string of the molecule is CCC(C)(C)C(=O)OC(C)=O. The molecule has 0 aliphatic rings. The third kappa shape index (κ3) is 3.16. The molecule has 3 nitrogen and oxygen atoms in total. The van der Waals surface area contributed by atoms with Crippen molar-refractivity contribution in [3.63, 3.8) is 0 Å². The predicted molar refractivity (Wildman–Crippen MR) is 40.8 cm³/mol. The molecule has 0 N–H and O–H groups in total. The third-order valence-corrected chi connectivity index (χ3v) is 1.67. The minimum atomic E-state index is -0.550. The average Bonchev–Trinajstić information content (AvgIpc) is 1.86. The molecule has 0 saturated heterocycles. The second-order valence-electron chi connectivity index (χ2n) is 3.12. The first-order chi connectivity index (χ1) is 4.90. The van der Waals surface area contributed by atoms with Crippen LogP contribution >= 0.6 is 0 Å². The average molecular weight is 158 g/mol. The van der Waals surface area contributed by atoms with Gasteiger partial charge in [0.05, 0.1) is 5.41 Å². The van der Waals surface area contributed by atoms with E-state index in [-0.39, 0.29) is 0 Å². The Kier molecular flexibility index (Phi) is 3.23. The summed E-state index contributed by atoms with van der Waals surface area (Å²) in [5, 5.41) is 0. The van der Waals surface area contributed by atoms with E-state index in [4.69, 9.17) is 0 Å². The lowest BCUT2D eigenvalue weighted by atomic mass is 9.91. The number of hydrogen-bond acceptors (Lipinski definition) is 3. The van der Waals surface area contributed by atoms with Crippen LogP contribution in [0, 0.1) is 5.41 Å². The summed E-state index contributed by atoms with van der Waals surface area (Å²) in [5.41, 5.74) is -0.550. The van der Waals surface area contributed by atoms with Crippen LogP contribution in [0.25, 0.3) is 0 Å². The smallest absolute Gasteiger partial charge is 0.319 e. The van der Waals surface area contributed by atoms with Crippen LogP contribution in [0.2, 0.25) is 0 Å². The molecule has 0 spiro atoms. The Hall–Kier alpha value is -0.860. The molecule has 0 unspecified atom stereocenters. The van der Waals surface area contributed by atoms with E-state index in [1.807, 2.05) is 6.92 Å². The van der Waals surface area contributed by atoms with E-state index in [9.17, 15) is 9.59 Å². The molecule has 0 aliphatic carbocycles. The highest BCUT2D eigenvalue weighted by Crippen LogP contribution is 2.21. The number of rotatable bonds is 2. The monoisotopic (exact) mass is 158 g/mol. The van der Waals surface area contributed by atoms with Gasteiger partial charge in [0.15, 0.2) is 0 Å². The second-order valence-corrected chi connectivity index (χ2v) is 3.12. The van der Waals surface area contributed by atoms with Gasteiger partial charge >= 0.3 is 11.9 Å². The van der Waals surface area contributed by atoms with Crippen LogP contribution in [0.3, 0.4) is 0 Å². The number of carbonyl (C=O) groups excluding carboxylic acids is 2. The largest absolute Gasteiger partial charge is 0.393 e. The lowest BCUT2D eigenvalue weighted by Gasteiger charge is -2.18. The Morgan fingerprint density at radius 3 is 2.09 bits per heavy atom. The fourth-order valence-electron chi connectivity index (χ4n) is 0.413. The zero-order valence-corrected chi connectivity index (χ0v) is 7.43. The number of esters is 2. The Labute approximate surface area is 66.7 Å². The summed E-state index contributed by atoms with van der Waals surface area (Å²) in [6.45, 7) is 6.60. The van der Waals surface area contributed by atoms with Gasteiger partial charge in [-0.3, -0.25) is 9.59 Å². The van der Waals surface area contributed by atoms with Crippen molar-refractivity contribution in [2.24, 2.45) is 5.41 Å². The molecular formula is C8H14O3. The maximum Gasteiger partial charge on any atom is 0.319 e. The molecule has 0 atom stereocenters. The van der Waals surface area contributed by atoms with Crippen LogP contribution in [0.15, 0.2) is 0 Å². The molecule has 0 aromatic heterocycles. The predicted octanol–water partition coefficient (Wildman–Crippen LogP) is 1.51. The molecule has 0 radical (unpaired) electrons. The molecule has 0 aliphatic heterocycles. The van der Waals surface area contributed by atoms with Crippen molar-refractivity contribution in [1.82, 2.24) is 0 Å². The molecule has 0 amide bonds. The first-order valence-electron chi connectivity index (χ1n) is 3.63. The zero-order chi connectivity index (χ0) is 9.07. The van der Waals surface area contributed by atoms with Crippen LogP contribution in [0.4, 0.5) is 0 Å². The molecule has 3 heteroatoms. The summed E-state index contributed by atoms with van der Waals surface area (Å²) in [4.78, 5) is 21.4. The first-order valence-corrected chi connectivity index (χ1v) is 3.63. The van der Waals surface area contributed by atoms with Crippen molar-refractivity contribution in [3.05, 3.63) is 0 Å². The van der Waals surface area contributed by atoms with Gasteiger partial charge in [0.25, 0.3) is 0 Å². The van der Waals surface area contributed by atoms with E-state index in [1.165, 1.54) is 6.92 Å². The van der Waals surface area contributed by atoms with Crippen molar-refractivity contribution in [2.75, 3.05) is 0 Å². The fourth-order valence-corrected chi connectivity index (χ4v) is 0.413. The van der Waals surface area contributed by atoms with Crippen molar-refractivity contribution in [1.29, 1.82) is 0 Å². The number of ether oxygens (including phenoxy) is 1. The highest BCUT2D eigenvalue weighted by Gasteiger charge is 2.28. The van der Waals surface area contributed by atoms with Crippen LogP contribution in [0.1, 0.15) is 34.1 Å². The van der Waals surface area contributed by atoms with Crippen LogP contribution in [-0.4, -0.2) is 11.9 Å². The van der Waals surface area contributed by atoms with Gasteiger partial charge < -0.3 is 4.74 Å². The highest BCUT2D eigenvalue weighted by atomic mass is 16.6. The van der Waals surface area contributed by atoms with Crippen molar-refractivity contribution < 1.29 is 14.3 Å². The molecule has 0 bridgehead atoms. The molecule has 11 heavy (non-hydrogen) atoms. The molecule has 0 rings (SSSR count). The van der Waals surface area contributed by atoms with E-state index in [0.717, 1.165) is 0 Å². The van der Waals surface area contributed by atoms with Crippen molar-refractivity contribution >= 4 is 11.9 Å². The normalized spacial score (nSPS) is 10.9. The van der Waals surface area contributed by atoms with E-state index in [1.54, 1.807) is 13.8 Å². The lowest BCUT2D eigenvalue weighted by molar-refractivity contribution is -0.164. The lowest BCUT2D eigenvalue weighted by Crippen LogP contribution is -2.27. The topological polar surface area (TPSA) is 43.4 Å². The van der Waals surface area contributed by atoms with Crippen LogP contribution in [-0.2, 0) is 14.3 Å². The molecule has 0 fully saturated rings. The van der Waals surface area contributed by atoms with Gasteiger partial charge in [0.1, 0.15) is 0 Å². The Balaban J connectivity index is 4.13. The Morgan fingerprint density at radius 1 is 1.36 bits per heavy atom. The van der Waals surface area contributed by atoms with E-state index in [0.29, 0.717) is 6.42 Å². The van der Waals surface area contributed by atoms with Gasteiger partial charge in [-0.25, -0.2) is 0 Å². The summed E-state index contributed by atoms with van der Waals surface area (Å²) < 4.78 is 4.43. The highest BCUT2D eigenvalue weighted by molar-refractivity contribution is 5.87. The number of carbonyl (C=O) groups is 2. The maximum absolute atomic E-state index is 11.1. The minimum Gasteiger partial charge on any atom is -0.393 e.